The maximum Gasteiger partial charge on any atom is 0.338 e. The van der Waals surface area contributed by atoms with Crippen molar-refractivity contribution in [3.8, 4) is 11.5 Å². The van der Waals surface area contributed by atoms with E-state index < -0.39 is 40.9 Å². The van der Waals surface area contributed by atoms with Crippen LogP contribution < -0.4 is 0 Å². The average Bonchev–Trinajstić information content (AvgIpc) is 3.06. The zero-order chi connectivity index (χ0) is 37.6. The number of fused-ring (bicyclic) bond motifs is 7. The second-order valence-corrected chi connectivity index (χ2v) is 19.1. The van der Waals surface area contributed by atoms with Gasteiger partial charge >= 0.3 is 17.9 Å². The first-order chi connectivity index (χ1) is 24.3. The van der Waals surface area contributed by atoms with Gasteiger partial charge < -0.3 is 24.8 Å². The number of phenolic OH excluding ortho intramolecular Hbond substituents is 2. The number of aliphatic carboxylic acids is 1. The first kappa shape index (κ1) is 36.5. The van der Waals surface area contributed by atoms with Crippen molar-refractivity contribution in [1.82, 2.24) is 0 Å². The van der Waals surface area contributed by atoms with Gasteiger partial charge in [-0.15, -0.1) is 0 Å². The van der Waals surface area contributed by atoms with E-state index in [9.17, 15) is 29.7 Å². The molecule has 0 heterocycles. The van der Waals surface area contributed by atoms with E-state index in [0.717, 1.165) is 38.5 Å². The number of carboxylic acid groups (broad SMARTS) is 1. The Morgan fingerprint density at radius 3 is 1.73 bits per heavy atom. The van der Waals surface area contributed by atoms with E-state index in [-0.39, 0.29) is 50.9 Å². The molecule has 8 heteroatoms. The molecular weight excluding hydrogens is 656 g/mol. The van der Waals surface area contributed by atoms with Crippen LogP contribution in [0.15, 0.2) is 60.2 Å². The minimum Gasteiger partial charge on any atom is -0.508 e. The molecule has 52 heavy (non-hydrogen) atoms. The molecule has 9 atom stereocenters. The van der Waals surface area contributed by atoms with Gasteiger partial charge in [-0.3, -0.25) is 4.79 Å². The average molecular weight is 713 g/mol. The fraction of sp³-hybridized carbons (Fsp3) is 0.614. The van der Waals surface area contributed by atoms with Gasteiger partial charge in [0.1, 0.15) is 23.7 Å². The molecular formula is C44H56O8. The third-order valence-electron chi connectivity index (χ3n) is 15.3. The number of ether oxygens (including phenoxy) is 2. The van der Waals surface area contributed by atoms with E-state index in [1.165, 1.54) is 54.1 Å². The van der Waals surface area contributed by atoms with Crippen LogP contribution >= 0.6 is 0 Å². The van der Waals surface area contributed by atoms with Crippen LogP contribution in [0.4, 0.5) is 0 Å². The monoisotopic (exact) mass is 712 g/mol. The number of rotatable bonds is 5. The van der Waals surface area contributed by atoms with Crippen LogP contribution in [0.3, 0.4) is 0 Å². The molecule has 7 rings (SSSR count). The van der Waals surface area contributed by atoms with Crippen molar-refractivity contribution in [2.75, 3.05) is 0 Å². The van der Waals surface area contributed by atoms with Gasteiger partial charge in [-0.1, -0.05) is 60.1 Å². The third-order valence-corrected chi connectivity index (χ3v) is 15.3. The molecule has 4 saturated carbocycles. The summed E-state index contributed by atoms with van der Waals surface area (Å²) in [4.78, 5) is 40.6. The molecule has 2 aromatic carbocycles. The summed E-state index contributed by atoms with van der Waals surface area (Å²) in [6.07, 6.45) is 8.20. The maximum absolute atomic E-state index is 13.8. The number of carboxylic acids is 1. The Labute approximate surface area is 308 Å². The molecule has 5 aliphatic rings. The van der Waals surface area contributed by atoms with Crippen molar-refractivity contribution in [1.29, 1.82) is 0 Å². The lowest BCUT2D eigenvalue weighted by Crippen LogP contribution is -2.67. The predicted molar refractivity (Wildman–Crippen MR) is 197 cm³/mol. The molecule has 0 aliphatic heterocycles. The number of benzene rings is 2. The number of aromatic hydroxyl groups is 2. The molecule has 8 nitrogen and oxygen atoms in total. The summed E-state index contributed by atoms with van der Waals surface area (Å²) in [5.41, 5.74) is 0.159. The van der Waals surface area contributed by atoms with E-state index in [4.69, 9.17) is 9.47 Å². The lowest BCUT2D eigenvalue weighted by Gasteiger charge is -2.70. The summed E-state index contributed by atoms with van der Waals surface area (Å²) >= 11 is 0. The SMILES string of the molecule is CC1(C)CC[C@]2(C(=O)O)CC=C3[C@]4(C)CCC5C(C)(C)[C@@H](OC(=O)c6ccc(O)cc6)[C@H](OC(=O)c6ccc(O)cc6)C[C@]5(C)[C@H]4CC[C@@]3(C)C2C1. The van der Waals surface area contributed by atoms with Gasteiger partial charge in [0, 0.05) is 5.41 Å². The topological polar surface area (TPSA) is 130 Å². The minimum absolute atomic E-state index is 0.0478. The van der Waals surface area contributed by atoms with Crippen LogP contribution in [-0.2, 0) is 14.3 Å². The standard InChI is InChI=1S/C44H56O8/c1-39(2)22-23-44(38(49)50)21-18-32-41(5)19-16-31-40(3,4)35(52-37(48)27-10-14-29(46)15-11-27)30(51-36(47)26-8-12-28(45)13-9-26)24-43(31,7)33(41)17-20-42(32,6)34(44)25-39/h8-15,18,30-31,33-35,45-46H,16-17,19-25H2,1-7H3,(H,49,50)/t30-,31?,33+,34?,35+,41+,42-,43+,44-/m1/s1. The molecule has 2 unspecified atom stereocenters. The lowest BCUT2D eigenvalue weighted by molar-refractivity contribution is -0.219. The Balaban J connectivity index is 1.26. The lowest BCUT2D eigenvalue weighted by atomic mass is 9.34. The van der Waals surface area contributed by atoms with Crippen molar-refractivity contribution in [3.63, 3.8) is 0 Å². The number of esters is 2. The van der Waals surface area contributed by atoms with Crippen molar-refractivity contribution in [2.24, 2.45) is 50.2 Å². The highest BCUT2D eigenvalue weighted by Gasteiger charge is 2.70. The number of hydrogen-bond donors (Lipinski definition) is 3. The van der Waals surface area contributed by atoms with Gasteiger partial charge in [-0.05, 0) is 146 Å². The van der Waals surface area contributed by atoms with Crippen LogP contribution in [0, 0.1) is 50.2 Å². The van der Waals surface area contributed by atoms with E-state index in [1.54, 1.807) is 0 Å². The third kappa shape index (κ3) is 5.48. The van der Waals surface area contributed by atoms with Crippen molar-refractivity contribution >= 4 is 17.9 Å². The van der Waals surface area contributed by atoms with E-state index >= 15 is 0 Å². The summed E-state index contributed by atoms with van der Waals surface area (Å²) in [5, 5.41) is 30.5. The minimum atomic E-state index is -0.742. The Morgan fingerprint density at radius 1 is 0.654 bits per heavy atom. The first-order valence-corrected chi connectivity index (χ1v) is 19.2. The molecule has 3 N–H and O–H groups in total. The Morgan fingerprint density at radius 2 is 1.17 bits per heavy atom. The number of phenols is 2. The molecule has 5 aliphatic carbocycles. The highest BCUT2D eigenvalue weighted by molar-refractivity contribution is 5.90. The second-order valence-electron chi connectivity index (χ2n) is 19.1. The molecule has 0 saturated heterocycles. The first-order valence-electron chi connectivity index (χ1n) is 19.2. The summed E-state index contributed by atoms with van der Waals surface area (Å²) in [6.45, 7) is 16.0. The Bertz CT molecular complexity index is 1790. The zero-order valence-corrected chi connectivity index (χ0v) is 31.8. The van der Waals surface area contributed by atoms with Crippen LogP contribution in [0.25, 0.3) is 0 Å². The van der Waals surface area contributed by atoms with Gasteiger partial charge in [0.25, 0.3) is 0 Å². The molecule has 0 aromatic heterocycles. The van der Waals surface area contributed by atoms with E-state index in [0.29, 0.717) is 30.4 Å². The number of hydrogen-bond acceptors (Lipinski definition) is 7. The largest absolute Gasteiger partial charge is 0.508 e. The van der Waals surface area contributed by atoms with Gasteiger partial charge in [0.2, 0.25) is 0 Å². The summed E-state index contributed by atoms with van der Waals surface area (Å²) < 4.78 is 12.8. The van der Waals surface area contributed by atoms with Gasteiger partial charge in [-0.25, -0.2) is 9.59 Å². The fourth-order valence-electron chi connectivity index (χ4n) is 12.9. The van der Waals surface area contributed by atoms with Crippen molar-refractivity contribution < 1.29 is 39.2 Å². The zero-order valence-electron chi connectivity index (χ0n) is 31.8. The molecule has 0 radical (unpaired) electrons. The molecule has 280 valence electrons. The maximum atomic E-state index is 13.8. The summed E-state index contributed by atoms with van der Waals surface area (Å²) in [6, 6.07) is 12.0. The van der Waals surface area contributed by atoms with E-state index in [1.807, 2.05) is 0 Å². The summed E-state index contributed by atoms with van der Waals surface area (Å²) in [7, 11) is 0. The van der Waals surface area contributed by atoms with Crippen LogP contribution in [0.1, 0.15) is 127 Å². The van der Waals surface area contributed by atoms with Crippen LogP contribution in [0.2, 0.25) is 0 Å². The normalized spacial score (nSPS) is 38.6. The highest BCUT2D eigenvalue weighted by atomic mass is 16.6. The van der Waals surface area contributed by atoms with Crippen LogP contribution in [-0.4, -0.2) is 45.4 Å². The molecule has 0 amide bonds. The quantitative estimate of drug-likeness (QED) is 0.207. The van der Waals surface area contributed by atoms with Crippen molar-refractivity contribution in [2.45, 2.75) is 118 Å². The molecule has 0 spiro atoms. The van der Waals surface area contributed by atoms with Crippen LogP contribution in [0.5, 0.6) is 11.5 Å². The van der Waals surface area contributed by atoms with Gasteiger partial charge in [0.15, 0.2) is 0 Å². The molecule has 2 aromatic rings. The van der Waals surface area contributed by atoms with Crippen molar-refractivity contribution in [3.05, 3.63) is 71.3 Å². The smallest absolute Gasteiger partial charge is 0.338 e. The number of carbonyl (C=O) groups is 3. The van der Waals surface area contributed by atoms with E-state index in [2.05, 4.69) is 54.5 Å². The van der Waals surface area contributed by atoms with Gasteiger partial charge in [-0.2, -0.15) is 0 Å². The summed E-state index contributed by atoms with van der Waals surface area (Å²) in [5.74, 6) is -1.16. The number of carbonyl (C=O) groups excluding carboxylic acids is 2. The number of allylic oxidation sites excluding steroid dienone is 2. The fourth-order valence-corrected chi connectivity index (χ4v) is 12.9. The molecule has 0 bridgehead atoms. The Kier molecular flexibility index (Phi) is 8.51. The second kappa shape index (κ2) is 12.1. The van der Waals surface area contributed by atoms with Gasteiger partial charge in [0.05, 0.1) is 16.5 Å². The molecule has 4 fully saturated rings. The predicted octanol–water partition coefficient (Wildman–Crippen LogP) is 9.35. The Hall–Kier alpha value is -3.81. The highest BCUT2D eigenvalue weighted by Crippen LogP contribution is 2.75.